The summed E-state index contributed by atoms with van der Waals surface area (Å²) in [6.45, 7) is 3.72. The highest BCUT2D eigenvalue weighted by atomic mass is 32.1. The molecule has 2 rings (SSSR count). The maximum atomic E-state index is 12.1. The van der Waals surface area contributed by atoms with Crippen LogP contribution in [0.3, 0.4) is 0 Å². The van der Waals surface area contributed by atoms with Crippen molar-refractivity contribution in [3.05, 3.63) is 27.1 Å². The second kappa shape index (κ2) is 6.15. The highest BCUT2D eigenvalue weighted by molar-refractivity contribution is 7.16. The number of rotatable bonds is 6. The van der Waals surface area contributed by atoms with Crippen LogP contribution in [-0.2, 0) is 16.1 Å². The van der Waals surface area contributed by atoms with Gasteiger partial charge in [0.2, 0.25) is 0 Å². The van der Waals surface area contributed by atoms with Crippen molar-refractivity contribution in [3.63, 3.8) is 0 Å². The SMILES string of the molecule is CCC(C)c1csc2nc(COCC(=O)O)[nH]c(=O)c12. The number of aromatic amines is 1. The number of thiophene rings is 1. The van der Waals surface area contributed by atoms with E-state index in [0.29, 0.717) is 22.0 Å². The minimum absolute atomic E-state index is 0.0198. The van der Waals surface area contributed by atoms with Crippen molar-refractivity contribution in [3.8, 4) is 0 Å². The molecular formula is C13H16N2O4S. The van der Waals surface area contributed by atoms with Crippen LogP contribution in [0.2, 0.25) is 0 Å². The average molecular weight is 296 g/mol. The number of aliphatic carboxylic acids is 1. The van der Waals surface area contributed by atoms with Gasteiger partial charge in [0.25, 0.3) is 5.56 Å². The zero-order valence-electron chi connectivity index (χ0n) is 11.3. The molecule has 2 N–H and O–H groups in total. The molecule has 0 aliphatic heterocycles. The molecule has 0 saturated carbocycles. The Balaban J connectivity index is 2.30. The minimum atomic E-state index is -1.05. The maximum Gasteiger partial charge on any atom is 0.329 e. The summed E-state index contributed by atoms with van der Waals surface area (Å²) < 4.78 is 4.93. The zero-order chi connectivity index (χ0) is 14.7. The second-order valence-corrected chi connectivity index (χ2v) is 5.44. The van der Waals surface area contributed by atoms with Gasteiger partial charge in [0.15, 0.2) is 0 Å². The summed E-state index contributed by atoms with van der Waals surface area (Å²) in [5, 5.41) is 11.1. The van der Waals surface area contributed by atoms with E-state index < -0.39 is 12.6 Å². The number of nitrogens with zero attached hydrogens (tertiary/aromatic N) is 1. The molecule has 2 aromatic heterocycles. The van der Waals surface area contributed by atoms with Gasteiger partial charge in [0.1, 0.15) is 23.9 Å². The van der Waals surface area contributed by atoms with E-state index in [0.717, 1.165) is 12.0 Å². The molecular weight excluding hydrogens is 280 g/mol. The number of carboxylic acid groups (broad SMARTS) is 1. The number of hydrogen-bond acceptors (Lipinski definition) is 5. The Kier molecular flexibility index (Phi) is 4.51. The fraction of sp³-hybridized carbons (Fsp3) is 0.462. The molecule has 0 spiro atoms. The number of carbonyl (C=O) groups is 1. The van der Waals surface area contributed by atoms with E-state index in [4.69, 9.17) is 9.84 Å². The number of aromatic nitrogens is 2. The Labute approximate surface area is 119 Å². The van der Waals surface area contributed by atoms with Crippen LogP contribution < -0.4 is 5.56 Å². The first-order valence-corrected chi connectivity index (χ1v) is 7.20. The lowest BCUT2D eigenvalue weighted by molar-refractivity contribution is -0.142. The summed E-state index contributed by atoms with van der Waals surface area (Å²) >= 11 is 1.42. The van der Waals surface area contributed by atoms with Crippen molar-refractivity contribution < 1.29 is 14.6 Å². The normalized spacial score (nSPS) is 12.7. The molecule has 1 unspecified atom stereocenters. The van der Waals surface area contributed by atoms with E-state index in [1.807, 2.05) is 5.38 Å². The van der Waals surface area contributed by atoms with E-state index in [-0.39, 0.29) is 12.2 Å². The van der Waals surface area contributed by atoms with E-state index in [1.54, 1.807) is 0 Å². The number of nitrogens with one attached hydrogen (secondary N) is 1. The topological polar surface area (TPSA) is 92.3 Å². The second-order valence-electron chi connectivity index (χ2n) is 4.58. The quantitative estimate of drug-likeness (QED) is 0.851. The van der Waals surface area contributed by atoms with Gasteiger partial charge in [0, 0.05) is 0 Å². The standard InChI is InChI=1S/C13H16N2O4S/c1-3-7(2)8-6-20-13-11(8)12(18)14-9(15-13)4-19-5-10(16)17/h6-7H,3-5H2,1-2H3,(H,16,17)(H,14,15,18). The van der Waals surface area contributed by atoms with Crippen molar-refractivity contribution in [2.45, 2.75) is 32.8 Å². The van der Waals surface area contributed by atoms with Crippen LogP contribution in [0, 0.1) is 0 Å². The van der Waals surface area contributed by atoms with Crippen LogP contribution in [0.15, 0.2) is 10.2 Å². The molecule has 0 aromatic carbocycles. The Hall–Kier alpha value is -1.73. The molecule has 2 aromatic rings. The van der Waals surface area contributed by atoms with Crippen molar-refractivity contribution in [2.75, 3.05) is 6.61 Å². The molecule has 0 aliphatic carbocycles. The van der Waals surface area contributed by atoms with Gasteiger partial charge in [-0.3, -0.25) is 4.79 Å². The van der Waals surface area contributed by atoms with Gasteiger partial charge in [-0.05, 0) is 23.3 Å². The summed E-state index contributed by atoms with van der Waals surface area (Å²) in [6.07, 6.45) is 0.953. The van der Waals surface area contributed by atoms with Crippen molar-refractivity contribution in [2.24, 2.45) is 0 Å². The van der Waals surface area contributed by atoms with Crippen LogP contribution in [-0.4, -0.2) is 27.7 Å². The summed E-state index contributed by atoms with van der Waals surface area (Å²) in [5.41, 5.74) is 0.819. The molecule has 0 fully saturated rings. The molecule has 20 heavy (non-hydrogen) atoms. The molecule has 0 radical (unpaired) electrons. The average Bonchev–Trinajstić information content (AvgIpc) is 2.81. The lowest BCUT2D eigenvalue weighted by Gasteiger charge is -2.06. The highest BCUT2D eigenvalue weighted by Gasteiger charge is 2.15. The first-order valence-electron chi connectivity index (χ1n) is 6.32. The summed E-state index contributed by atoms with van der Waals surface area (Å²) in [4.78, 5) is 30.1. The largest absolute Gasteiger partial charge is 0.480 e. The summed E-state index contributed by atoms with van der Waals surface area (Å²) in [5.74, 6) is -0.398. The molecule has 2 heterocycles. The highest BCUT2D eigenvalue weighted by Crippen LogP contribution is 2.29. The van der Waals surface area contributed by atoms with Gasteiger partial charge in [-0.2, -0.15) is 0 Å². The first kappa shape index (κ1) is 14.7. The van der Waals surface area contributed by atoms with Crippen LogP contribution in [0.5, 0.6) is 0 Å². The van der Waals surface area contributed by atoms with Crippen molar-refractivity contribution in [1.82, 2.24) is 9.97 Å². The fourth-order valence-corrected chi connectivity index (χ4v) is 2.98. The van der Waals surface area contributed by atoms with Gasteiger partial charge < -0.3 is 14.8 Å². The van der Waals surface area contributed by atoms with E-state index >= 15 is 0 Å². The van der Waals surface area contributed by atoms with Gasteiger partial charge in [-0.1, -0.05) is 13.8 Å². The zero-order valence-corrected chi connectivity index (χ0v) is 12.1. The molecule has 0 bridgehead atoms. The Morgan fingerprint density at radius 1 is 1.60 bits per heavy atom. The van der Waals surface area contributed by atoms with Crippen LogP contribution >= 0.6 is 11.3 Å². The third-order valence-corrected chi connectivity index (χ3v) is 4.02. The van der Waals surface area contributed by atoms with Crippen LogP contribution in [0.4, 0.5) is 0 Å². The predicted octanol–water partition coefficient (Wildman–Crippen LogP) is 2.10. The summed E-state index contributed by atoms with van der Waals surface area (Å²) in [7, 11) is 0. The third-order valence-electron chi connectivity index (χ3n) is 3.13. The van der Waals surface area contributed by atoms with Gasteiger partial charge in [-0.15, -0.1) is 11.3 Å². The molecule has 0 saturated heterocycles. The van der Waals surface area contributed by atoms with Crippen molar-refractivity contribution >= 4 is 27.5 Å². The fourth-order valence-electron chi connectivity index (χ4n) is 1.90. The first-order chi connectivity index (χ1) is 9.52. The number of ether oxygens (including phenoxy) is 1. The number of fused-ring (bicyclic) bond motifs is 1. The number of H-pyrrole nitrogens is 1. The number of carboxylic acids is 1. The number of hydrogen-bond donors (Lipinski definition) is 2. The molecule has 7 heteroatoms. The lowest BCUT2D eigenvalue weighted by atomic mass is 9.99. The molecule has 0 amide bonds. The molecule has 1 atom stereocenters. The van der Waals surface area contributed by atoms with E-state index in [9.17, 15) is 9.59 Å². The Morgan fingerprint density at radius 2 is 2.35 bits per heavy atom. The van der Waals surface area contributed by atoms with Gasteiger partial charge in [0.05, 0.1) is 5.39 Å². The van der Waals surface area contributed by atoms with Gasteiger partial charge in [-0.25, -0.2) is 9.78 Å². The van der Waals surface area contributed by atoms with E-state index in [2.05, 4.69) is 23.8 Å². The molecule has 6 nitrogen and oxygen atoms in total. The van der Waals surface area contributed by atoms with Crippen LogP contribution in [0.1, 0.15) is 37.6 Å². The maximum absolute atomic E-state index is 12.1. The summed E-state index contributed by atoms with van der Waals surface area (Å²) in [6, 6.07) is 0. The molecule has 108 valence electrons. The van der Waals surface area contributed by atoms with Gasteiger partial charge >= 0.3 is 5.97 Å². The monoisotopic (exact) mass is 296 g/mol. The molecule has 0 aliphatic rings. The minimum Gasteiger partial charge on any atom is -0.480 e. The van der Waals surface area contributed by atoms with Crippen molar-refractivity contribution in [1.29, 1.82) is 0 Å². The van der Waals surface area contributed by atoms with Crippen LogP contribution in [0.25, 0.3) is 10.2 Å². The predicted molar refractivity (Wildman–Crippen MR) is 76.2 cm³/mol. The lowest BCUT2D eigenvalue weighted by Crippen LogP contribution is -2.15. The smallest absolute Gasteiger partial charge is 0.329 e. The Morgan fingerprint density at radius 3 is 3.00 bits per heavy atom. The van der Waals surface area contributed by atoms with E-state index in [1.165, 1.54) is 11.3 Å². The Bertz CT molecular complexity index is 677. The third kappa shape index (κ3) is 3.05.